The van der Waals surface area contributed by atoms with Crippen molar-refractivity contribution < 1.29 is 39.6 Å². The Morgan fingerprint density at radius 3 is 2.37 bits per heavy atom. The topological polar surface area (TPSA) is 48.0 Å². The fourth-order valence-electron chi connectivity index (χ4n) is 3.07. The summed E-state index contributed by atoms with van der Waals surface area (Å²) in [6.07, 6.45) is 8.21. The first-order valence-corrected chi connectivity index (χ1v) is 9.47. The van der Waals surface area contributed by atoms with Crippen molar-refractivity contribution in [3.63, 3.8) is 0 Å². The summed E-state index contributed by atoms with van der Waals surface area (Å²) in [5.74, 6) is 1.63. The van der Waals surface area contributed by atoms with Crippen LogP contribution in [-0.4, -0.2) is 17.7 Å². The van der Waals surface area contributed by atoms with E-state index < -0.39 is 0 Å². The highest BCUT2D eigenvalue weighted by atomic mass is 35.5. The molecular weight excluding hydrogens is 430 g/mol. The molecule has 4 nitrogen and oxygen atoms in total. The number of aromatic nitrogens is 1. The van der Waals surface area contributed by atoms with E-state index in [9.17, 15) is 0 Å². The van der Waals surface area contributed by atoms with Crippen LogP contribution in [0.5, 0.6) is 11.5 Å². The maximum absolute atomic E-state index is 6.20. The molecule has 1 fully saturated rings. The quantitative estimate of drug-likeness (QED) is 0.557. The molecule has 3 rings (SSSR count). The van der Waals surface area contributed by atoms with Crippen LogP contribution in [0.3, 0.4) is 0 Å². The van der Waals surface area contributed by atoms with E-state index in [1.54, 1.807) is 12.4 Å². The van der Waals surface area contributed by atoms with Gasteiger partial charge in [-0.25, -0.2) is 0 Å². The van der Waals surface area contributed by atoms with Gasteiger partial charge in [-0.15, -0.1) is 0 Å². The van der Waals surface area contributed by atoms with Crippen molar-refractivity contribution in [3.8, 4) is 11.5 Å². The van der Waals surface area contributed by atoms with Gasteiger partial charge in [0.25, 0.3) is 0 Å². The third kappa shape index (κ3) is 6.58. The number of nitrogens with zero attached hydrogens (tertiary/aromatic N) is 1. The molecule has 1 heterocycles. The standard InChI is InChI=1S/C19H22Cl2N2O2.2ClH/c1-2-24-17-8-7-13(9-18(17)25-14-5-3-4-6-14)10-23-19-15(20)11-22-12-16(19)21;;/h7-9,11-12,14H,2-6,10H2,1H3,(H,22,23);2*1H/p-1. The van der Waals surface area contributed by atoms with E-state index in [-0.39, 0.29) is 24.8 Å². The van der Waals surface area contributed by atoms with Crippen molar-refractivity contribution in [3.05, 3.63) is 46.2 Å². The molecule has 1 aromatic heterocycles. The summed E-state index contributed by atoms with van der Waals surface area (Å²) in [5.41, 5.74) is 1.94. The molecule has 0 saturated heterocycles. The van der Waals surface area contributed by atoms with E-state index in [1.165, 1.54) is 12.8 Å². The van der Waals surface area contributed by atoms with Crippen molar-refractivity contribution in [2.45, 2.75) is 45.3 Å². The van der Waals surface area contributed by atoms with Crippen molar-refractivity contribution in [2.75, 3.05) is 6.61 Å². The van der Waals surface area contributed by atoms with Crippen molar-refractivity contribution in [1.29, 1.82) is 0 Å². The van der Waals surface area contributed by atoms with Crippen molar-refractivity contribution in [1.82, 2.24) is 4.98 Å². The zero-order chi connectivity index (χ0) is 17.6. The molecule has 0 spiro atoms. The molecule has 0 aliphatic heterocycles. The first-order chi connectivity index (χ1) is 12.2. The first kappa shape index (κ1) is 24.1. The Bertz CT molecular complexity index is 705. The molecule has 0 amide bonds. The summed E-state index contributed by atoms with van der Waals surface area (Å²) in [5, 5.41) is 3.13. The zero-order valence-electron chi connectivity index (χ0n) is 15.1. The van der Waals surface area contributed by atoms with Gasteiger partial charge in [0.2, 0.25) is 0 Å². The van der Waals surface area contributed by atoms with Gasteiger partial charge in [0.05, 0.1) is 25.1 Å². The van der Waals surface area contributed by atoms with Gasteiger partial charge in [0, 0.05) is 5.56 Å². The molecule has 0 radical (unpaired) electrons. The van der Waals surface area contributed by atoms with E-state index in [0.29, 0.717) is 29.3 Å². The van der Waals surface area contributed by atoms with Crippen LogP contribution in [0.25, 0.3) is 0 Å². The highest BCUT2D eigenvalue weighted by Gasteiger charge is 2.19. The minimum Gasteiger partial charge on any atom is -1.00 e. The molecule has 8 heteroatoms. The van der Waals surface area contributed by atoms with Crippen LogP contribution in [0.2, 0.25) is 10.0 Å². The Labute approximate surface area is 182 Å². The summed E-state index contributed by atoms with van der Waals surface area (Å²) >= 11 is 12.4. The Morgan fingerprint density at radius 2 is 1.74 bits per heavy atom. The Hall–Kier alpha value is -0.910. The van der Waals surface area contributed by atoms with Crippen molar-refractivity contribution >= 4 is 28.9 Å². The third-order valence-corrected chi connectivity index (χ3v) is 4.94. The lowest BCUT2D eigenvalue weighted by Crippen LogP contribution is -3.00. The Morgan fingerprint density at radius 1 is 1.07 bits per heavy atom. The van der Waals surface area contributed by atoms with E-state index >= 15 is 0 Å². The van der Waals surface area contributed by atoms with Gasteiger partial charge in [-0.1, -0.05) is 23.2 Å². The minimum atomic E-state index is 0. The fraction of sp³-hybridized carbons (Fsp3) is 0.421. The number of pyridine rings is 1. The number of ether oxygens (including phenoxy) is 2. The van der Waals surface area contributed by atoms with E-state index in [1.807, 2.05) is 24.4 Å². The number of hydrogen-bond acceptors (Lipinski definition) is 3. The second-order valence-electron chi connectivity index (χ2n) is 6.16. The monoisotopic (exact) mass is 451 g/mol. The summed E-state index contributed by atoms with van der Waals surface area (Å²) < 4.78 is 11.9. The van der Waals surface area contributed by atoms with Gasteiger partial charge in [-0.2, -0.15) is 0 Å². The molecule has 0 bridgehead atoms. The lowest BCUT2D eigenvalue weighted by atomic mass is 10.2. The fourth-order valence-corrected chi connectivity index (χ4v) is 3.59. The number of halogens is 4. The van der Waals surface area contributed by atoms with Crippen LogP contribution in [0.4, 0.5) is 5.69 Å². The first-order valence-electron chi connectivity index (χ1n) is 8.72. The maximum Gasteiger partial charge on any atom is 0.170 e. The summed E-state index contributed by atoms with van der Waals surface area (Å²) in [4.78, 5) is 3.98. The molecule has 2 aromatic rings. The molecule has 27 heavy (non-hydrogen) atoms. The Balaban J connectivity index is 0.00000182. The van der Waals surface area contributed by atoms with Crippen molar-refractivity contribution in [2.24, 2.45) is 0 Å². The van der Waals surface area contributed by atoms with E-state index in [2.05, 4.69) is 11.1 Å². The zero-order valence-corrected chi connectivity index (χ0v) is 18.1. The molecule has 1 saturated carbocycles. The van der Waals surface area contributed by atoms with Gasteiger partial charge < -0.3 is 39.6 Å². The lowest BCUT2D eigenvalue weighted by Gasteiger charge is -2.17. The molecule has 1 aliphatic rings. The third-order valence-electron chi connectivity index (χ3n) is 4.34. The predicted octanol–water partition coefficient (Wildman–Crippen LogP) is -1.49. The smallest absolute Gasteiger partial charge is 0.170 e. The van der Waals surface area contributed by atoms with Crippen LogP contribution in [0.1, 0.15) is 38.2 Å². The van der Waals surface area contributed by atoms with Crippen LogP contribution < -0.4 is 39.6 Å². The SMILES string of the molecule is CCOc1ccc(C[NH2+]c2c(Cl)cncc2Cl)cc1OC1CCCC1.[Cl-].[Cl-]. The van der Waals surface area contributed by atoms with E-state index in [0.717, 1.165) is 35.6 Å². The van der Waals surface area contributed by atoms with Crippen LogP contribution >= 0.6 is 23.2 Å². The molecule has 1 aliphatic carbocycles. The average molecular weight is 453 g/mol. The predicted molar refractivity (Wildman–Crippen MR) is 100 cm³/mol. The average Bonchev–Trinajstić information content (AvgIpc) is 3.10. The van der Waals surface area contributed by atoms with Crippen LogP contribution in [0, 0.1) is 0 Å². The Kier molecular flexibility index (Phi) is 10.6. The van der Waals surface area contributed by atoms with Gasteiger partial charge in [-0.3, -0.25) is 4.98 Å². The van der Waals surface area contributed by atoms with Gasteiger partial charge in [0.15, 0.2) is 17.2 Å². The van der Waals surface area contributed by atoms with Gasteiger partial charge in [0.1, 0.15) is 16.6 Å². The molecule has 0 atom stereocenters. The van der Waals surface area contributed by atoms with Gasteiger partial charge >= 0.3 is 0 Å². The normalized spacial score (nSPS) is 13.6. The molecule has 0 unspecified atom stereocenters. The molecule has 1 aromatic carbocycles. The largest absolute Gasteiger partial charge is 1.00 e. The lowest BCUT2D eigenvalue weighted by molar-refractivity contribution is -0.588. The second-order valence-corrected chi connectivity index (χ2v) is 6.98. The van der Waals surface area contributed by atoms with Crippen LogP contribution in [-0.2, 0) is 6.54 Å². The molecular formula is C19H23Cl4N2O2-. The maximum atomic E-state index is 6.20. The number of nitrogens with two attached hydrogens (primary N) is 1. The number of rotatable bonds is 7. The van der Waals surface area contributed by atoms with Gasteiger partial charge in [-0.05, 0) is 50.8 Å². The highest BCUT2D eigenvalue weighted by Crippen LogP contribution is 2.33. The highest BCUT2D eigenvalue weighted by molar-refractivity contribution is 6.37. The summed E-state index contributed by atoms with van der Waals surface area (Å²) in [6.45, 7) is 3.31. The number of quaternary nitrogens is 1. The van der Waals surface area contributed by atoms with Crippen LogP contribution in [0.15, 0.2) is 30.6 Å². The molecule has 150 valence electrons. The molecule has 2 N–H and O–H groups in total. The second kappa shape index (κ2) is 11.8. The number of benzene rings is 1. The summed E-state index contributed by atoms with van der Waals surface area (Å²) in [7, 11) is 0. The summed E-state index contributed by atoms with van der Waals surface area (Å²) in [6, 6.07) is 6.08. The van der Waals surface area contributed by atoms with E-state index in [4.69, 9.17) is 32.7 Å². The number of hydrogen-bond donors (Lipinski definition) is 1. The minimum absolute atomic E-state index is 0.